The minimum absolute atomic E-state index is 0.0591. The van der Waals surface area contributed by atoms with Crippen molar-refractivity contribution in [1.29, 1.82) is 0 Å². The van der Waals surface area contributed by atoms with Gasteiger partial charge < -0.3 is 30.4 Å². The van der Waals surface area contributed by atoms with Crippen molar-refractivity contribution in [2.24, 2.45) is 5.92 Å². The largest absolute Gasteiger partial charge is 0.463 e. The van der Waals surface area contributed by atoms with Crippen LogP contribution in [0.4, 0.5) is 24.5 Å². The standard InChI is InChI=1S/C33H41F3N2O7/c34-33(35,36)16-5-19-42-28-13-9-24(10-14-28)32(41)45-29-11-6-23(7-12-29)8-15-30(39)43-17-3-1-2-4-18-44-31(40)25-20-26(37)22-27(38)21-25/h6-8,11-12,15,20-22,24,28H,1-5,9-10,13-14,16-19,37-38H2. The van der Waals surface area contributed by atoms with Gasteiger partial charge in [-0.2, -0.15) is 13.2 Å². The van der Waals surface area contributed by atoms with E-state index >= 15 is 0 Å². The van der Waals surface area contributed by atoms with Gasteiger partial charge in [0, 0.05) is 30.5 Å². The van der Waals surface area contributed by atoms with E-state index in [0.717, 1.165) is 18.4 Å². The third-order valence-corrected chi connectivity index (χ3v) is 7.21. The van der Waals surface area contributed by atoms with Crippen LogP contribution in [-0.2, 0) is 23.8 Å². The Hall–Kier alpha value is -4.06. The van der Waals surface area contributed by atoms with Gasteiger partial charge in [-0.05, 0) is 99.8 Å². The number of nitrogen functional groups attached to an aromatic ring is 2. The maximum absolute atomic E-state index is 12.6. The minimum Gasteiger partial charge on any atom is -0.463 e. The quantitative estimate of drug-likeness (QED) is 0.0683. The first-order valence-corrected chi connectivity index (χ1v) is 15.2. The number of hydrogen-bond acceptors (Lipinski definition) is 9. The zero-order valence-corrected chi connectivity index (χ0v) is 25.2. The molecule has 0 amide bonds. The number of benzene rings is 2. The van der Waals surface area contributed by atoms with Gasteiger partial charge >= 0.3 is 24.1 Å². The molecule has 1 aliphatic carbocycles. The summed E-state index contributed by atoms with van der Waals surface area (Å²) < 4.78 is 58.2. The number of alkyl halides is 3. The van der Waals surface area contributed by atoms with Crippen LogP contribution in [0.15, 0.2) is 48.5 Å². The summed E-state index contributed by atoms with van der Waals surface area (Å²) >= 11 is 0. The molecule has 2 aromatic carbocycles. The van der Waals surface area contributed by atoms with Crippen LogP contribution in [0.3, 0.4) is 0 Å². The lowest BCUT2D eigenvalue weighted by molar-refractivity contribution is -0.143. The molecule has 4 N–H and O–H groups in total. The van der Waals surface area contributed by atoms with Gasteiger partial charge in [-0.25, -0.2) is 9.59 Å². The Balaban J connectivity index is 1.23. The number of carbonyl (C=O) groups excluding carboxylic acids is 3. The van der Waals surface area contributed by atoms with Crippen LogP contribution < -0.4 is 16.2 Å². The van der Waals surface area contributed by atoms with Gasteiger partial charge in [0.1, 0.15) is 5.75 Å². The van der Waals surface area contributed by atoms with E-state index in [1.54, 1.807) is 36.4 Å². The van der Waals surface area contributed by atoms with Crippen molar-refractivity contribution in [2.75, 3.05) is 31.3 Å². The van der Waals surface area contributed by atoms with Crippen molar-refractivity contribution in [1.82, 2.24) is 0 Å². The van der Waals surface area contributed by atoms with Gasteiger partial charge in [-0.1, -0.05) is 12.1 Å². The molecule has 0 radical (unpaired) electrons. The molecular formula is C33H41F3N2O7. The number of esters is 3. The first-order chi connectivity index (χ1) is 21.5. The van der Waals surface area contributed by atoms with Crippen LogP contribution in [0.1, 0.15) is 80.1 Å². The summed E-state index contributed by atoms with van der Waals surface area (Å²) in [4.78, 5) is 36.6. The number of anilines is 2. The Morgan fingerprint density at radius 3 is 2.04 bits per heavy atom. The van der Waals surface area contributed by atoms with Crippen LogP contribution in [0, 0.1) is 5.92 Å². The predicted molar refractivity (Wildman–Crippen MR) is 163 cm³/mol. The Morgan fingerprint density at radius 2 is 1.42 bits per heavy atom. The molecule has 1 saturated carbocycles. The maximum atomic E-state index is 12.6. The lowest BCUT2D eigenvalue weighted by atomic mass is 9.87. The maximum Gasteiger partial charge on any atom is 0.389 e. The summed E-state index contributed by atoms with van der Waals surface area (Å²) in [5.41, 5.74) is 13.2. The molecule has 1 aliphatic rings. The zero-order chi connectivity index (χ0) is 32.7. The number of nitrogens with two attached hydrogens (primary N) is 2. The van der Waals surface area contributed by atoms with Gasteiger partial charge in [0.15, 0.2) is 0 Å². The normalized spacial score (nSPS) is 16.8. The lowest BCUT2D eigenvalue weighted by Gasteiger charge is -2.27. The number of hydrogen-bond donors (Lipinski definition) is 2. The first kappa shape index (κ1) is 35.4. The fourth-order valence-electron chi connectivity index (χ4n) is 4.82. The van der Waals surface area contributed by atoms with Crippen LogP contribution in [-0.4, -0.2) is 50.0 Å². The van der Waals surface area contributed by atoms with Crippen LogP contribution in [0.2, 0.25) is 0 Å². The van der Waals surface area contributed by atoms with Gasteiger partial charge in [0.05, 0.1) is 30.8 Å². The van der Waals surface area contributed by atoms with E-state index in [2.05, 4.69) is 0 Å². The highest BCUT2D eigenvalue weighted by Crippen LogP contribution is 2.29. The highest BCUT2D eigenvalue weighted by atomic mass is 19.4. The molecule has 9 nitrogen and oxygen atoms in total. The first-order valence-electron chi connectivity index (χ1n) is 15.2. The van der Waals surface area contributed by atoms with Gasteiger partial charge in [-0.15, -0.1) is 0 Å². The average molecular weight is 635 g/mol. The van der Waals surface area contributed by atoms with Crippen LogP contribution >= 0.6 is 0 Å². The van der Waals surface area contributed by atoms with Crippen molar-refractivity contribution >= 4 is 35.4 Å². The molecular weight excluding hydrogens is 593 g/mol. The van der Waals surface area contributed by atoms with E-state index in [-0.39, 0.29) is 44.2 Å². The summed E-state index contributed by atoms with van der Waals surface area (Å²) in [5.74, 6) is -1.19. The second kappa shape index (κ2) is 18.0. The monoisotopic (exact) mass is 634 g/mol. The zero-order valence-electron chi connectivity index (χ0n) is 25.2. The average Bonchev–Trinajstić information content (AvgIpc) is 2.99. The molecule has 0 aliphatic heterocycles. The molecule has 0 aromatic heterocycles. The molecule has 0 bridgehead atoms. The minimum atomic E-state index is -4.17. The number of ether oxygens (including phenoxy) is 4. The van der Waals surface area contributed by atoms with Gasteiger partial charge in [0.25, 0.3) is 0 Å². The molecule has 3 rings (SSSR count). The van der Waals surface area contributed by atoms with E-state index in [9.17, 15) is 27.6 Å². The third kappa shape index (κ3) is 14.1. The second-order valence-corrected chi connectivity index (χ2v) is 11.0. The SMILES string of the molecule is Nc1cc(N)cc(C(=O)OCCCCCCOC(=O)C=Cc2ccc(OC(=O)C3CCC(OCCCC(F)(F)F)CC3)cc2)c1. The summed E-state index contributed by atoms with van der Waals surface area (Å²) in [7, 11) is 0. The van der Waals surface area contributed by atoms with Gasteiger partial charge in [0.2, 0.25) is 0 Å². The molecule has 2 aromatic rings. The fourth-order valence-corrected chi connectivity index (χ4v) is 4.82. The molecule has 0 saturated heterocycles. The van der Waals surface area contributed by atoms with Crippen LogP contribution in [0.5, 0.6) is 5.75 Å². The van der Waals surface area contributed by atoms with Crippen molar-refractivity contribution in [2.45, 2.75) is 76.5 Å². The Bertz CT molecular complexity index is 1250. The molecule has 0 unspecified atom stereocenters. The molecule has 45 heavy (non-hydrogen) atoms. The Labute approximate surface area is 261 Å². The number of carbonyl (C=O) groups is 3. The topological polar surface area (TPSA) is 140 Å². The van der Waals surface area contributed by atoms with Crippen molar-refractivity contribution in [3.05, 3.63) is 59.7 Å². The second-order valence-electron chi connectivity index (χ2n) is 11.0. The predicted octanol–water partition coefficient (Wildman–Crippen LogP) is 6.65. The number of unbranched alkanes of at least 4 members (excludes halogenated alkanes) is 3. The number of halogens is 3. The van der Waals surface area contributed by atoms with E-state index in [4.69, 9.17) is 30.4 Å². The lowest BCUT2D eigenvalue weighted by Crippen LogP contribution is -2.29. The van der Waals surface area contributed by atoms with Crippen LogP contribution in [0.25, 0.3) is 6.08 Å². The summed E-state index contributed by atoms with van der Waals surface area (Å²) in [6.07, 6.45) is 2.98. The molecule has 246 valence electrons. The molecule has 0 atom stereocenters. The molecule has 1 fully saturated rings. The highest BCUT2D eigenvalue weighted by Gasteiger charge is 2.29. The molecule has 0 spiro atoms. The summed E-state index contributed by atoms with van der Waals surface area (Å²) in [6, 6.07) is 11.3. The number of rotatable bonds is 16. The Kier molecular flexibility index (Phi) is 14.2. The van der Waals surface area contributed by atoms with E-state index in [1.807, 2.05) is 0 Å². The van der Waals surface area contributed by atoms with Crippen molar-refractivity contribution in [3.8, 4) is 5.75 Å². The van der Waals surface area contributed by atoms with Gasteiger partial charge in [-0.3, -0.25) is 4.79 Å². The van der Waals surface area contributed by atoms with E-state index in [1.165, 1.54) is 18.2 Å². The summed E-state index contributed by atoms with van der Waals surface area (Å²) in [6.45, 7) is 0.597. The molecule has 0 heterocycles. The van der Waals surface area contributed by atoms with E-state index in [0.29, 0.717) is 61.2 Å². The molecule has 12 heteroatoms. The smallest absolute Gasteiger partial charge is 0.389 e. The van der Waals surface area contributed by atoms with E-state index < -0.39 is 24.5 Å². The third-order valence-electron chi connectivity index (χ3n) is 7.21. The highest BCUT2D eigenvalue weighted by molar-refractivity contribution is 5.91. The fraction of sp³-hybridized carbons (Fsp3) is 0.485. The van der Waals surface area contributed by atoms with Crippen molar-refractivity contribution < 1.29 is 46.5 Å². The Morgan fingerprint density at radius 1 is 0.800 bits per heavy atom. The summed E-state index contributed by atoms with van der Waals surface area (Å²) in [5, 5.41) is 0. The van der Waals surface area contributed by atoms with Crippen molar-refractivity contribution in [3.63, 3.8) is 0 Å².